The Hall–Kier alpha value is -3.14. The standard InChI is InChI=1S/C26H27F3N4O2S/c1-5-17-6-11-21-20(14-17)22-23(30-25(32-31-22)36-13-12-15(2)3)35-24(33(21)16(4)34)18-7-9-19(10-8-18)26(27,28)29/h6-11,14-15,24H,5,12-13H2,1-4H3/t24-/m0/s1. The number of aromatic nitrogens is 3. The summed E-state index contributed by atoms with van der Waals surface area (Å²) in [6, 6.07) is 10.2. The fourth-order valence-electron chi connectivity index (χ4n) is 3.87. The normalized spacial score (nSPS) is 15.2. The van der Waals surface area contributed by atoms with E-state index in [1.54, 1.807) is 6.07 Å². The molecule has 1 amide bonds. The highest BCUT2D eigenvalue weighted by Gasteiger charge is 2.36. The van der Waals surface area contributed by atoms with Crippen LogP contribution in [-0.4, -0.2) is 26.8 Å². The number of halogens is 3. The van der Waals surface area contributed by atoms with Gasteiger partial charge in [-0.2, -0.15) is 18.2 Å². The van der Waals surface area contributed by atoms with Gasteiger partial charge in [0, 0.05) is 23.8 Å². The zero-order valence-corrected chi connectivity index (χ0v) is 21.3. The minimum Gasteiger partial charge on any atom is -0.447 e. The Bertz CT molecular complexity index is 1250. The number of alkyl halides is 3. The van der Waals surface area contributed by atoms with Gasteiger partial charge in [0.05, 0.1) is 11.3 Å². The largest absolute Gasteiger partial charge is 0.447 e. The average molecular weight is 517 g/mol. The zero-order valence-electron chi connectivity index (χ0n) is 20.5. The molecule has 1 aliphatic heterocycles. The molecule has 3 aromatic rings. The van der Waals surface area contributed by atoms with Gasteiger partial charge in [-0.05, 0) is 48.6 Å². The molecule has 0 fully saturated rings. The lowest BCUT2D eigenvalue weighted by Crippen LogP contribution is -2.36. The van der Waals surface area contributed by atoms with Crippen LogP contribution in [-0.2, 0) is 17.4 Å². The molecule has 0 saturated carbocycles. The van der Waals surface area contributed by atoms with Crippen molar-refractivity contribution in [1.29, 1.82) is 0 Å². The molecule has 0 spiro atoms. The van der Waals surface area contributed by atoms with E-state index in [0.717, 1.165) is 36.3 Å². The smallest absolute Gasteiger partial charge is 0.416 e. The molecule has 10 heteroatoms. The van der Waals surface area contributed by atoms with Crippen LogP contribution >= 0.6 is 11.8 Å². The second-order valence-electron chi connectivity index (χ2n) is 8.96. The quantitative estimate of drug-likeness (QED) is 0.340. The van der Waals surface area contributed by atoms with Gasteiger partial charge >= 0.3 is 6.18 Å². The first kappa shape index (κ1) is 25.9. The molecule has 190 valence electrons. The van der Waals surface area contributed by atoms with Gasteiger partial charge in [-0.3, -0.25) is 9.69 Å². The van der Waals surface area contributed by atoms with E-state index >= 15 is 0 Å². The van der Waals surface area contributed by atoms with Crippen molar-refractivity contribution in [2.45, 2.75) is 58.1 Å². The summed E-state index contributed by atoms with van der Waals surface area (Å²) in [7, 11) is 0. The first-order valence-electron chi connectivity index (χ1n) is 11.7. The van der Waals surface area contributed by atoms with Gasteiger partial charge in [0.1, 0.15) is 0 Å². The van der Waals surface area contributed by atoms with Gasteiger partial charge in [-0.15, -0.1) is 10.2 Å². The molecular formula is C26H27F3N4O2S. The number of fused-ring (bicyclic) bond motifs is 3. The van der Waals surface area contributed by atoms with Crippen LogP contribution in [0.2, 0.25) is 0 Å². The summed E-state index contributed by atoms with van der Waals surface area (Å²) in [5, 5.41) is 9.14. The van der Waals surface area contributed by atoms with Crippen LogP contribution < -0.4 is 9.64 Å². The second kappa shape index (κ2) is 10.5. The fourth-order valence-corrected chi connectivity index (χ4v) is 4.89. The van der Waals surface area contributed by atoms with Gasteiger partial charge in [0.15, 0.2) is 5.69 Å². The SMILES string of the molecule is CCc1ccc2c(c1)-c1nnc(SCCC(C)C)nc1O[C@@H](c1ccc(C(F)(F)F)cc1)N2C(C)=O. The van der Waals surface area contributed by atoms with Crippen molar-refractivity contribution >= 4 is 23.4 Å². The molecule has 0 aliphatic carbocycles. The number of hydrogen-bond donors (Lipinski definition) is 0. The molecule has 0 radical (unpaired) electrons. The Kier molecular flexibility index (Phi) is 7.54. The van der Waals surface area contributed by atoms with Crippen molar-refractivity contribution in [1.82, 2.24) is 15.2 Å². The number of nitrogens with zero attached hydrogens (tertiary/aromatic N) is 4. The number of thioether (sulfide) groups is 1. The minimum absolute atomic E-state index is 0.181. The van der Waals surface area contributed by atoms with Crippen LogP contribution in [0.1, 0.15) is 57.0 Å². The maximum Gasteiger partial charge on any atom is 0.416 e. The third kappa shape index (κ3) is 5.48. The van der Waals surface area contributed by atoms with E-state index in [-0.39, 0.29) is 11.8 Å². The van der Waals surface area contributed by atoms with E-state index in [9.17, 15) is 18.0 Å². The second-order valence-corrected chi connectivity index (χ2v) is 10.0. The summed E-state index contributed by atoms with van der Waals surface area (Å²) in [5.41, 5.74) is 2.16. The Morgan fingerprint density at radius 1 is 1.14 bits per heavy atom. The molecule has 0 saturated heterocycles. The van der Waals surface area contributed by atoms with Gasteiger partial charge in [-0.1, -0.05) is 50.7 Å². The monoisotopic (exact) mass is 516 g/mol. The molecule has 0 unspecified atom stereocenters. The molecule has 36 heavy (non-hydrogen) atoms. The van der Waals surface area contributed by atoms with Crippen molar-refractivity contribution in [2.75, 3.05) is 10.7 Å². The molecule has 1 aliphatic rings. The summed E-state index contributed by atoms with van der Waals surface area (Å²) < 4.78 is 45.8. The number of carbonyl (C=O) groups excluding carboxylic acids is 1. The summed E-state index contributed by atoms with van der Waals surface area (Å²) in [6.45, 7) is 7.67. The summed E-state index contributed by atoms with van der Waals surface area (Å²) >= 11 is 1.46. The zero-order chi connectivity index (χ0) is 26.0. The molecular weight excluding hydrogens is 489 g/mol. The maximum absolute atomic E-state index is 13.2. The predicted octanol–water partition coefficient (Wildman–Crippen LogP) is 6.70. The average Bonchev–Trinajstić information content (AvgIpc) is 2.97. The highest BCUT2D eigenvalue weighted by molar-refractivity contribution is 7.99. The number of benzene rings is 2. The van der Waals surface area contributed by atoms with Crippen LogP contribution in [0.25, 0.3) is 11.3 Å². The number of aryl methyl sites for hydroxylation is 1. The van der Waals surface area contributed by atoms with Crippen molar-refractivity contribution in [3.63, 3.8) is 0 Å². The molecule has 0 bridgehead atoms. The molecule has 4 rings (SSSR count). The Labute approximate surface area is 212 Å². The van der Waals surface area contributed by atoms with E-state index in [2.05, 4.69) is 29.0 Å². The molecule has 0 N–H and O–H groups in total. The number of rotatable bonds is 6. The van der Waals surface area contributed by atoms with Crippen molar-refractivity contribution < 1.29 is 22.7 Å². The highest BCUT2D eigenvalue weighted by Crippen LogP contribution is 2.44. The Morgan fingerprint density at radius 2 is 1.86 bits per heavy atom. The van der Waals surface area contributed by atoms with Crippen LogP contribution in [0.5, 0.6) is 5.88 Å². The Balaban J connectivity index is 1.84. The first-order chi connectivity index (χ1) is 17.1. The maximum atomic E-state index is 13.2. The summed E-state index contributed by atoms with van der Waals surface area (Å²) in [6.07, 6.45) is -3.78. The Morgan fingerprint density at radius 3 is 2.47 bits per heavy atom. The van der Waals surface area contributed by atoms with E-state index in [1.807, 2.05) is 19.1 Å². The van der Waals surface area contributed by atoms with E-state index in [0.29, 0.717) is 33.6 Å². The number of carbonyl (C=O) groups is 1. The third-order valence-corrected chi connectivity index (χ3v) is 6.74. The van der Waals surface area contributed by atoms with Crippen LogP contribution in [0.3, 0.4) is 0 Å². The van der Waals surface area contributed by atoms with E-state index in [4.69, 9.17) is 4.74 Å². The number of hydrogen-bond acceptors (Lipinski definition) is 6. The first-order valence-corrected chi connectivity index (χ1v) is 12.7. The molecule has 2 aromatic carbocycles. The van der Waals surface area contributed by atoms with Gasteiger partial charge in [0.25, 0.3) is 0 Å². The lowest BCUT2D eigenvalue weighted by Gasteiger charge is -2.30. The number of anilines is 1. The fraction of sp³-hybridized carbons (Fsp3) is 0.385. The molecule has 1 aromatic heterocycles. The molecule has 1 atom stereocenters. The van der Waals surface area contributed by atoms with Crippen LogP contribution in [0.4, 0.5) is 18.9 Å². The van der Waals surface area contributed by atoms with Crippen LogP contribution in [0.15, 0.2) is 47.6 Å². The molecule has 2 heterocycles. The highest BCUT2D eigenvalue weighted by atomic mass is 32.2. The number of ether oxygens (including phenoxy) is 1. The van der Waals surface area contributed by atoms with Gasteiger partial charge in [0.2, 0.25) is 23.2 Å². The molecule has 6 nitrogen and oxygen atoms in total. The lowest BCUT2D eigenvalue weighted by atomic mass is 10.0. The third-order valence-electron chi connectivity index (χ3n) is 5.87. The number of amides is 1. The van der Waals surface area contributed by atoms with E-state index in [1.165, 1.54) is 35.7 Å². The van der Waals surface area contributed by atoms with Crippen LogP contribution in [0, 0.1) is 5.92 Å². The lowest BCUT2D eigenvalue weighted by molar-refractivity contribution is -0.137. The summed E-state index contributed by atoms with van der Waals surface area (Å²) in [4.78, 5) is 18.9. The van der Waals surface area contributed by atoms with Crippen molar-refractivity contribution in [3.05, 3.63) is 59.2 Å². The van der Waals surface area contributed by atoms with Gasteiger partial charge < -0.3 is 4.74 Å². The topological polar surface area (TPSA) is 68.2 Å². The van der Waals surface area contributed by atoms with Crippen molar-refractivity contribution in [3.8, 4) is 17.1 Å². The van der Waals surface area contributed by atoms with Gasteiger partial charge in [-0.25, -0.2) is 0 Å². The minimum atomic E-state index is -4.47. The van der Waals surface area contributed by atoms with Crippen molar-refractivity contribution in [2.24, 2.45) is 5.92 Å². The van der Waals surface area contributed by atoms with E-state index < -0.39 is 18.0 Å². The predicted molar refractivity (Wildman–Crippen MR) is 133 cm³/mol. The summed E-state index contributed by atoms with van der Waals surface area (Å²) in [5.74, 6) is 1.17.